The highest BCUT2D eigenvalue weighted by Gasteiger charge is 2.22. The highest BCUT2D eigenvalue weighted by molar-refractivity contribution is 14.1. The molecule has 0 rings (SSSR count). The lowest BCUT2D eigenvalue weighted by molar-refractivity contribution is -0.138. The normalized spacial score (nSPS) is 18.2. The molecule has 0 aliphatic heterocycles. The number of carboxylic acid groups (broad SMARTS) is 1. The second-order valence-corrected chi connectivity index (χ2v) is 5.21. The van der Waals surface area contributed by atoms with Gasteiger partial charge < -0.3 is 15.7 Å². The Balaban J connectivity index is 3.83. The summed E-state index contributed by atoms with van der Waals surface area (Å²) < 4.78 is 15.0. The predicted octanol–water partition coefficient (Wildman–Crippen LogP) is 0.340. The number of nitrogens with two attached hydrogens (primary N) is 1. The topological polar surface area (TPSA) is 110 Å². The van der Waals surface area contributed by atoms with E-state index in [1.807, 2.05) is 0 Å². The third-order valence-corrected chi connectivity index (χ3v) is 4.03. The fourth-order valence-corrected chi connectivity index (χ4v) is 1.72. The van der Waals surface area contributed by atoms with Gasteiger partial charge in [0, 0.05) is 0 Å². The van der Waals surface area contributed by atoms with Crippen molar-refractivity contribution in [2.24, 2.45) is 5.73 Å². The zero-order valence-corrected chi connectivity index (χ0v) is 9.07. The van der Waals surface area contributed by atoms with Gasteiger partial charge >= 0.3 is 13.6 Å². The van der Waals surface area contributed by atoms with Crippen molar-refractivity contribution in [3.63, 3.8) is 0 Å². The first-order chi connectivity index (χ1) is 5.39. The lowest BCUT2D eigenvalue weighted by Crippen LogP contribution is -2.30. The molecular weight excluding hydrogens is 300 g/mol. The molecule has 0 aliphatic rings. The highest BCUT2D eigenvalue weighted by atomic mass is 127. The second-order valence-electron chi connectivity index (χ2n) is 2.16. The summed E-state index contributed by atoms with van der Waals surface area (Å²) in [5.74, 6) is -1.19. The Kier molecular flexibility index (Phi) is 5.26. The average molecular weight is 309 g/mol. The summed E-state index contributed by atoms with van der Waals surface area (Å²) in [5.41, 5.74) is 5.09. The number of carboxylic acids is 1. The maximum absolute atomic E-state index is 10.8. The van der Waals surface area contributed by atoms with Crippen molar-refractivity contribution in [3.8, 4) is 0 Å². The molecule has 0 radical (unpaired) electrons. The first kappa shape index (κ1) is 12.3. The molecule has 8 heteroatoms. The van der Waals surface area contributed by atoms with Gasteiger partial charge in [-0.05, 0) is 6.42 Å². The van der Waals surface area contributed by atoms with E-state index in [4.69, 9.17) is 15.7 Å². The largest absolute Gasteiger partial charge is 0.480 e. The molecule has 0 spiro atoms. The minimum absolute atomic E-state index is 0.0773. The van der Waals surface area contributed by atoms with Gasteiger partial charge in [0.15, 0.2) is 0 Å². The summed E-state index contributed by atoms with van der Waals surface area (Å²) in [6.07, 6.45) is -0.324. The molecular formula is C4H9INO5P. The highest BCUT2D eigenvalue weighted by Crippen LogP contribution is 2.44. The van der Waals surface area contributed by atoms with Gasteiger partial charge in [0.05, 0.1) is 6.16 Å². The monoisotopic (exact) mass is 309 g/mol. The Labute approximate surface area is 83.3 Å². The van der Waals surface area contributed by atoms with Crippen LogP contribution in [-0.2, 0) is 12.2 Å². The van der Waals surface area contributed by atoms with Crippen molar-refractivity contribution in [3.05, 3.63) is 0 Å². The van der Waals surface area contributed by atoms with Crippen molar-refractivity contribution in [2.75, 3.05) is 6.16 Å². The molecule has 0 saturated carbocycles. The van der Waals surface area contributed by atoms with Gasteiger partial charge in [-0.15, -0.1) is 0 Å². The van der Waals surface area contributed by atoms with Crippen molar-refractivity contribution < 1.29 is 22.2 Å². The van der Waals surface area contributed by atoms with Gasteiger partial charge in [-0.1, -0.05) is 0 Å². The number of carbonyl (C=O) groups is 1. The first-order valence-corrected chi connectivity index (χ1v) is 5.64. The molecule has 0 fully saturated rings. The van der Waals surface area contributed by atoms with Gasteiger partial charge in [0.2, 0.25) is 0 Å². The molecule has 2 atom stereocenters. The quantitative estimate of drug-likeness (QED) is 0.499. The Morgan fingerprint density at radius 3 is 2.58 bits per heavy atom. The van der Waals surface area contributed by atoms with E-state index in [-0.39, 0.29) is 12.6 Å². The maximum atomic E-state index is 10.8. The van der Waals surface area contributed by atoms with Gasteiger partial charge in [-0.2, -0.15) is 0 Å². The Hall–Kier alpha value is 0.310. The van der Waals surface area contributed by atoms with Crippen molar-refractivity contribution in [1.29, 1.82) is 0 Å². The van der Waals surface area contributed by atoms with E-state index < -0.39 is 19.6 Å². The zero-order valence-electron chi connectivity index (χ0n) is 6.01. The molecule has 4 N–H and O–H groups in total. The molecule has 12 heavy (non-hydrogen) atoms. The molecule has 0 saturated heterocycles. The second kappa shape index (κ2) is 5.13. The van der Waals surface area contributed by atoms with Gasteiger partial charge in [-0.3, -0.25) is 9.36 Å². The van der Waals surface area contributed by atoms with Crippen LogP contribution in [0, 0.1) is 0 Å². The van der Waals surface area contributed by atoms with E-state index >= 15 is 0 Å². The van der Waals surface area contributed by atoms with E-state index in [0.29, 0.717) is 0 Å². The molecule has 0 aromatic carbocycles. The van der Waals surface area contributed by atoms with Crippen LogP contribution in [0.25, 0.3) is 0 Å². The third kappa shape index (κ3) is 5.04. The summed E-state index contributed by atoms with van der Waals surface area (Å²) in [6, 6.07) is -1.11. The molecule has 0 heterocycles. The first-order valence-electron chi connectivity index (χ1n) is 2.99. The molecule has 0 aliphatic carbocycles. The number of aliphatic carboxylic acids is 1. The van der Waals surface area contributed by atoms with Crippen LogP contribution in [0.3, 0.4) is 0 Å². The maximum Gasteiger partial charge on any atom is 0.337 e. The van der Waals surface area contributed by atoms with Gasteiger partial charge in [0.25, 0.3) is 0 Å². The van der Waals surface area contributed by atoms with E-state index in [1.54, 1.807) is 0 Å². The summed E-state index contributed by atoms with van der Waals surface area (Å²) in [5, 5.41) is 8.31. The van der Waals surface area contributed by atoms with Crippen LogP contribution in [0.5, 0.6) is 0 Å². The summed E-state index contributed by atoms with van der Waals surface area (Å²) in [7, 11) is -3.62. The SMILES string of the molecule is NC(CCP(=O)(O)OI)C(=O)O. The van der Waals surface area contributed by atoms with E-state index in [1.165, 1.54) is 23.0 Å². The number of halogens is 1. The van der Waals surface area contributed by atoms with Crippen LogP contribution < -0.4 is 5.73 Å². The minimum Gasteiger partial charge on any atom is -0.480 e. The Bertz CT molecular complexity index is 210. The Morgan fingerprint density at radius 2 is 2.25 bits per heavy atom. The van der Waals surface area contributed by atoms with Crippen LogP contribution in [0.4, 0.5) is 0 Å². The summed E-state index contributed by atoms with van der Waals surface area (Å²) >= 11 is 1.29. The van der Waals surface area contributed by atoms with Crippen molar-refractivity contribution in [2.45, 2.75) is 12.5 Å². The molecule has 72 valence electrons. The number of hydrogen-bond acceptors (Lipinski definition) is 4. The van der Waals surface area contributed by atoms with E-state index in [9.17, 15) is 9.36 Å². The predicted molar refractivity (Wildman–Crippen MR) is 50.0 cm³/mol. The van der Waals surface area contributed by atoms with E-state index in [2.05, 4.69) is 2.85 Å². The lowest BCUT2D eigenvalue weighted by Gasteiger charge is -2.08. The fraction of sp³-hybridized carbons (Fsp3) is 0.750. The molecule has 0 bridgehead atoms. The number of hydrogen-bond donors (Lipinski definition) is 3. The lowest BCUT2D eigenvalue weighted by atomic mass is 10.2. The standard InChI is InChI=1S/C4H9INO5P/c5-11-12(9,10)2-1-3(6)4(7)8/h3H,1-2,6H2,(H,7,8)(H,9,10). The smallest absolute Gasteiger partial charge is 0.337 e. The van der Waals surface area contributed by atoms with Crippen LogP contribution in [0.2, 0.25) is 0 Å². The molecule has 0 aromatic rings. The third-order valence-electron chi connectivity index (χ3n) is 1.15. The molecule has 6 nitrogen and oxygen atoms in total. The van der Waals surface area contributed by atoms with E-state index in [0.717, 1.165) is 0 Å². The summed E-state index contributed by atoms with van der Waals surface area (Å²) in [4.78, 5) is 19.0. The van der Waals surface area contributed by atoms with Crippen LogP contribution in [0.15, 0.2) is 0 Å². The average Bonchev–Trinajstić information content (AvgIpc) is 2.00. The zero-order chi connectivity index (χ0) is 9.78. The van der Waals surface area contributed by atoms with Gasteiger partial charge in [0.1, 0.15) is 29.0 Å². The van der Waals surface area contributed by atoms with Crippen molar-refractivity contribution >= 4 is 36.6 Å². The Morgan fingerprint density at radius 1 is 1.75 bits per heavy atom. The van der Waals surface area contributed by atoms with Crippen LogP contribution in [-0.4, -0.2) is 28.2 Å². The summed E-state index contributed by atoms with van der Waals surface area (Å²) in [6.45, 7) is 0. The molecule has 0 amide bonds. The van der Waals surface area contributed by atoms with Crippen LogP contribution in [0.1, 0.15) is 6.42 Å². The number of rotatable bonds is 5. The van der Waals surface area contributed by atoms with Crippen molar-refractivity contribution in [1.82, 2.24) is 0 Å². The van der Waals surface area contributed by atoms with Crippen LogP contribution >= 0.6 is 30.6 Å². The van der Waals surface area contributed by atoms with Gasteiger partial charge in [-0.25, -0.2) is 2.85 Å². The minimum atomic E-state index is -3.62. The fourth-order valence-electron chi connectivity index (χ4n) is 0.460. The molecule has 2 unspecified atom stereocenters. The molecule has 0 aromatic heterocycles.